The lowest BCUT2D eigenvalue weighted by molar-refractivity contribution is -0.121. The molecule has 0 aliphatic rings. The van der Waals surface area contributed by atoms with Crippen molar-refractivity contribution in [2.45, 2.75) is 19.4 Å². The molecule has 2 aromatic carbocycles. The van der Waals surface area contributed by atoms with Gasteiger partial charge in [-0.1, -0.05) is 30.3 Å². The average Bonchev–Trinajstić information content (AvgIpc) is 3.54. The van der Waals surface area contributed by atoms with Crippen molar-refractivity contribution >= 4 is 22.6 Å². The number of aryl methyl sites for hydroxylation is 1. The molecule has 0 saturated heterocycles. The number of benzene rings is 2. The number of aromatic amines is 2. The van der Waals surface area contributed by atoms with E-state index in [1.54, 1.807) is 31.8 Å². The highest BCUT2D eigenvalue weighted by Gasteiger charge is 2.22. The van der Waals surface area contributed by atoms with Crippen molar-refractivity contribution < 1.29 is 4.79 Å². The Hall–Kier alpha value is -4.66. The number of likely N-dealkylation sites (N-methyl/N-ethyl adjacent to an activating group) is 1. The number of pyridine rings is 1. The molecule has 176 valence electrons. The molecule has 5 rings (SSSR count). The van der Waals surface area contributed by atoms with E-state index in [4.69, 9.17) is 4.98 Å². The van der Waals surface area contributed by atoms with Gasteiger partial charge >= 0.3 is 0 Å². The van der Waals surface area contributed by atoms with Crippen molar-refractivity contribution in [1.82, 2.24) is 29.8 Å². The Bertz CT molecular complexity index is 1540. The molecule has 1 atom stereocenters. The van der Waals surface area contributed by atoms with Crippen molar-refractivity contribution in [2.24, 2.45) is 0 Å². The first-order chi connectivity index (χ1) is 17.0. The molecule has 9 heteroatoms. The molecule has 5 aromatic rings. The van der Waals surface area contributed by atoms with Gasteiger partial charge in [-0.15, -0.1) is 0 Å². The second kappa shape index (κ2) is 9.30. The predicted octanol–water partition coefficient (Wildman–Crippen LogP) is 3.18. The molecule has 35 heavy (non-hydrogen) atoms. The molecular formula is C26H25N7O2. The number of hydrogen-bond donors (Lipinski definition) is 4. The van der Waals surface area contributed by atoms with Crippen LogP contribution in [0.5, 0.6) is 0 Å². The van der Waals surface area contributed by atoms with Crippen molar-refractivity contribution in [3.63, 3.8) is 0 Å². The lowest BCUT2D eigenvalue weighted by atomic mass is 10.0. The SMILES string of the molecule is CNC(=O)C(Cc1ccccc1)Nc1cc[nH]c(=O)c1-c1nc2c(C)cc(-n3ccnc3)cc2[nH]1. The van der Waals surface area contributed by atoms with Crippen molar-refractivity contribution in [2.75, 3.05) is 12.4 Å². The van der Waals surface area contributed by atoms with Gasteiger partial charge in [0.1, 0.15) is 17.4 Å². The number of carbonyl (C=O) groups excluding carboxylic acids is 1. The molecule has 0 aliphatic carbocycles. The highest BCUT2D eigenvalue weighted by molar-refractivity contribution is 5.89. The van der Waals surface area contributed by atoms with E-state index in [9.17, 15) is 9.59 Å². The maximum atomic E-state index is 13.0. The van der Waals surface area contributed by atoms with Gasteiger partial charge in [0.15, 0.2) is 0 Å². The number of imidazole rings is 2. The monoisotopic (exact) mass is 467 g/mol. The summed E-state index contributed by atoms with van der Waals surface area (Å²) in [5.41, 5.74) is 5.02. The first-order valence-corrected chi connectivity index (χ1v) is 11.3. The molecule has 4 N–H and O–H groups in total. The molecule has 0 aliphatic heterocycles. The van der Waals surface area contributed by atoms with Gasteiger partial charge in [0, 0.05) is 37.7 Å². The minimum atomic E-state index is -0.582. The lowest BCUT2D eigenvalue weighted by Gasteiger charge is -2.20. The Morgan fingerprint density at radius 1 is 1.17 bits per heavy atom. The van der Waals surface area contributed by atoms with Crippen LogP contribution in [-0.2, 0) is 11.2 Å². The second-order valence-electron chi connectivity index (χ2n) is 8.31. The highest BCUT2D eigenvalue weighted by atomic mass is 16.2. The fourth-order valence-corrected chi connectivity index (χ4v) is 4.21. The largest absolute Gasteiger partial charge is 0.373 e. The van der Waals surface area contributed by atoms with Crippen LogP contribution in [0.2, 0.25) is 0 Å². The van der Waals surface area contributed by atoms with Crippen LogP contribution >= 0.6 is 0 Å². The van der Waals surface area contributed by atoms with Crippen molar-refractivity contribution in [3.8, 4) is 17.1 Å². The third-order valence-electron chi connectivity index (χ3n) is 5.94. The zero-order valence-electron chi connectivity index (χ0n) is 19.4. The molecule has 3 aromatic heterocycles. The van der Waals surface area contributed by atoms with Gasteiger partial charge < -0.3 is 25.2 Å². The molecule has 0 fully saturated rings. The molecule has 1 amide bonds. The maximum absolute atomic E-state index is 13.0. The van der Waals surface area contributed by atoms with Gasteiger partial charge in [-0.3, -0.25) is 9.59 Å². The van der Waals surface area contributed by atoms with E-state index in [2.05, 4.69) is 25.6 Å². The first-order valence-electron chi connectivity index (χ1n) is 11.3. The topological polar surface area (TPSA) is 120 Å². The third kappa shape index (κ3) is 4.43. The van der Waals surface area contributed by atoms with Crippen LogP contribution in [-0.4, -0.2) is 43.5 Å². The summed E-state index contributed by atoms with van der Waals surface area (Å²) < 4.78 is 1.91. The third-order valence-corrected chi connectivity index (χ3v) is 5.94. The molecule has 0 radical (unpaired) electrons. The van der Waals surface area contributed by atoms with Crippen LogP contribution in [0.3, 0.4) is 0 Å². The molecule has 1 unspecified atom stereocenters. The van der Waals surface area contributed by atoms with Crippen LogP contribution in [0.25, 0.3) is 28.1 Å². The number of fused-ring (bicyclic) bond motifs is 1. The molecular weight excluding hydrogens is 442 g/mol. The van der Waals surface area contributed by atoms with Gasteiger partial charge in [-0.05, 0) is 36.2 Å². The summed E-state index contributed by atoms with van der Waals surface area (Å²) in [6.45, 7) is 1.98. The fourth-order valence-electron chi connectivity index (χ4n) is 4.21. The van der Waals surface area contributed by atoms with Crippen molar-refractivity contribution in [3.05, 3.63) is 94.9 Å². The number of carbonyl (C=O) groups is 1. The Labute approximate surface area is 201 Å². The smallest absolute Gasteiger partial charge is 0.261 e. The van der Waals surface area contributed by atoms with Crippen LogP contribution < -0.4 is 16.2 Å². The zero-order chi connectivity index (χ0) is 24.4. The second-order valence-corrected chi connectivity index (χ2v) is 8.31. The molecule has 3 heterocycles. The van der Waals surface area contributed by atoms with Gasteiger partial charge in [0.2, 0.25) is 5.91 Å². The summed E-state index contributed by atoms with van der Waals surface area (Å²) in [4.78, 5) is 40.5. The van der Waals surface area contributed by atoms with Gasteiger partial charge in [-0.25, -0.2) is 9.97 Å². The number of hydrogen-bond acceptors (Lipinski definition) is 5. The standard InChI is InChI=1S/C26H25N7O2/c1-16-12-18(33-11-10-28-15-33)14-20-23(16)32-24(31-20)22-19(8-9-29-26(22)35)30-21(25(34)27-2)13-17-6-4-3-5-7-17/h3-12,14-15,21H,13H2,1-2H3,(H,27,34)(H,31,32)(H2,29,30,35). The predicted molar refractivity (Wildman–Crippen MR) is 136 cm³/mol. The molecule has 9 nitrogen and oxygen atoms in total. The number of rotatable bonds is 7. The van der Waals surface area contributed by atoms with Crippen LogP contribution in [0.4, 0.5) is 5.69 Å². The van der Waals surface area contributed by atoms with Crippen LogP contribution in [0.1, 0.15) is 11.1 Å². The van der Waals surface area contributed by atoms with E-state index in [1.165, 1.54) is 0 Å². The summed E-state index contributed by atoms with van der Waals surface area (Å²) in [7, 11) is 1.60. The lowest BCUT2D eigenvalue weighted by Crippen LogP contribution is -2.39. The summed E-state index contributed by atoms with van der Waals surface area (Å²) in [5.74, 6) is 0.246. The van der Waals surface area contributed by atoms with Crippen LogP contribution in [0, 0.1) is 6.92 Å². The van der Waals surface area contributed by atoms with E-state index in [1.807, 2.05) is 60.2 Å². The minimum absolute atomic E-state index is 0.175. The fraction of sp³-hybridized carbons (Fsp3) is 0.154. The van der Waals surface area contributed by atoms with Crippen LogP contribution in [0.15, 0.2) is 78.2 Å². The van der Waals surface area contributed by atoms with E-state index in [0.29, 0.717) is 23.5 Å². The summed E-state index contributed by atoms with van der Waals surface area (Å²) >= 11 is 0. The van der Waals surface area contributed by atoms with E-state index >= 15 is 0 Å². The Kier molecular flexibility index (Phi) is 5.88. The summed E-state index contributed by atoms with van der Waals surface area (Å²) in [5, 5.41) is 5.98. The number of nitrogens with zero attached hydrogens (tertiary/aromatic N) is 3. The number of amides is 1. The zero-order valence-corrected chi connectivity index (χ0v) is 19.4. The Morgan fingerprint density at radius 3 is 2.74 bits per heavy atom. The van der Waals surface area contributed by atoms with E-state index in [0.717, 1.165) is 27.8 Å². The Balaban J connectivity index is 1.55. The minimum Gasteiger partial charge on any atom is -0.373 e. The Morgan fingerprint density at radius 2 is 2.00 bits per heavy atom. The average molecular weight is 468 g/mol. The van der Waals surface area contributed by atoms with Gasteiger partial charge in [-0.2, -0.15) is 0 Å². The van der Waals surface area contributed by atoms with Gasteiger partial charge in [0.25, 0.3) is 5.56 Å². The number of aromatic nitrogens is 5. The van der Waals surface area contributed by atoms with Crippen molar-refractivity contribution in [1.29, 1.82) is 0 Å². The first kappa shape index (κ1) is 22.1. The highest BCUT2D eigenvalue weighted by Crippen LogP contribution is 2.28. The molecule has 0 saturated carbocycles. The summed E-state index contributed by atoms with van der Waals surface area (Å²) in [6.07, 6.45) is 7.33. The number of H-pyrrole nitrogens is 2. The quantitative estimate of drug-likeness (QED) is 0.293. The maximum Gasteiger partial charge on any atom is 0.261 e. The summed E-state index contributed by atoms with van der Waals surface area (Å²) in [6, 6.07) is 14.9. The normalized spacial score (nSPS) is 11.9. The van der Waals surface area contributed by atoms with E-state index in [-0.39, 0.29) is 11.5 Å². The molecule has 0 bridgehead atoms. The van der Waals surface area contributed by atoms with Gasteiger partial charge in [0.05, 0.1) is 23.0 Å². The number of nitrogens with one attached hydrogen (secondary N) is 4. The molecule has 0 spiro atoms. The van der Waals surface area contributed by atoms with E-state index < -0.39 is 6.04 Å². The number of anilines is 1.